The molecule has 20 heavy (non-hydrogen) atoms. The molecular formula is C15H14ClN3O. The number of rotatable bonds is 3. The van der Waals surface area contributed by atoms with Gasteiger partial charge in [-0.25, -0.2) is 4.98 Å². The van der Waals surface area contributed by atoms with E-state index in [1.54, 1.807) is 7.11 Å². The van der Waals surface area contributed by atoms with Gasteiger partial charge in [0.25, 0.3) is 0 Å². The molecule has 0 unspecified atom stereocenters. The lowest BCUT2D eigenvalue weighted by molar-refractivity contribution is 0.408. The number of benzene rings is 2. The average Bonchev–Trinajstić information content (AvgIpc) is 2.76. The van der Waals surface area contributed by atoms with Gasteiger partial charge in [0.15, 0.2) is 0 Å². The molecule has 4 nitrogen and oxygen atoms in total. The lowest BCUT2D eigenvalue weighted by atomic mass is 10.2. The van der Waals surface area contributed by atoms with E-state index in [1.807, 2.05) is 47.0 Å². The Morgan fingerprint density at radius 1 is 1.25 bits per heavy atom. The van der Waals surface area contributed by atoms with Crippen LogP contribution in [0.2, 0.25) is 5.02 Å². The number of nitrogens with zero attached hydrogens (tertiary/aromatic N) is 2. The second-order valence-electron chi connectivity index (χ2n) is 4.50. The van der Waals surface area contributed by atoms with Gasteiger partial charge in [-0.15, -0.1) is 0 Å². The Bertz CT molecular complexity index is 767. The third kappa shape index (κ3) is 2.18. The van der Waals surface area contributed by atoms with Crippen molar-refractivity contribution < 1.29 is 4.74 Å². The normalized spacial score (nSPS) is 10.9. The molecule has 102 valence electrons. The first-order chi connectivity index (χ1) is 9.69. The van der Waals surface area contributed by atoms with Crippen molar-refractivity contribution in [1.82, 2.24) is 9.55 Å². The Labute approximate surface area is 121 Å². The van der Waals surface area contributed by atoms with Crippen LogP contribution in [-0.2, 0) is 6.54 Å². The molecule has 2 aromatic carbocycles. The topological polar surface area (TPSA) is 53.1 Å². The Morgan fingerprint density at radius 3 is 2.85 bits per heavy atom. The fourth-order valence-electron chi connectivity index (χ4n) is 2.28. The highest BCUT2D eigenvalue weighted by Crippen LogP contribution is 2.25. The number of hydrogen-bond acceptors (Lipinski definition) is 3. The molecule has 0 aliphatic carbocycles. The zero-order valence-electron chi connectivity index (χ0n) is 11.0. The summed E-state index contributed by atoms with van der Waals surface area (Å²) in [5.74, 6) is 1.30. The fraction of sp³-hybridized carbons (Fsp3) is 0.133. The molecule has 0 radical (unpaired) electrons. The maximum absolute atomic E-state index is 6.05. The largest absolute Gasteiger partial charge is 0.496 e. The number of fused-ring (bicyclic) bond motifs is 1. The summed E-state index contributed by atoms with van der Waals surface area (Å²) >= 11 is 6.05. The lowest BCUT2D eigenvalue weighted by Crippen LogP contribution is -2.05. The number of imidazole rings is 1. The molecule has 2 N–H and O–H groups in total. The van der Waals surface area contributed by atoms with Crippen LogP contribution in [0.5, 0.6) is 5.75 Å². The van der Waals surface area contributed by atoms with Crippen LogP contribution in [0.1, 0.15) is 5.56 Å². The molecule has 0 aliphatic heterocycles. The smallest absolute Gasteiger partial charge is 0.201 e. The van der Waals surface area contributed by atoms with Crippen molar-refractivity contribution in [3.8, 4) is 5.75 Å². The lowest BCUT2D eigenvalue weighted by Gasteiger charge is -2.10. The standard InChI is InChI=1S/C15H14ClN3O/c1-20-14-5-3-2-4-10(14)9-19-13-8-11(16)6-7-12(13)18-15(19)17/h2-8H,9H2,1H3,(H2,17,18). The first kappa shape index (κ1) is 12.8. The second-order valence-corrected chi connectivity index (χ2v) is 4.94. The molecule has 0 fully saturated rings. The molecule has 0 saturated carbocycles. The highest BCUT2D eigenvalue weighted by atomic mass is 35.5. The summed E-state index contributed by atoms with van der Waals surface area (Å²) in [6.45, 7) is 0.590. The highest BCUT2D eigenvalue weighted by molar-refractivity contribution is 6.31. The Morgan fingerprint density at radius 2 is 2.05 bits per heavy atom. The summed E-state index contributed by atoms with van der Waals surface area (Å²) in [6.07, 6.45) is 0. The van der Waals surface area contributed by atoms with Crippen LogP contribution in [0.3, 0.4) is 0 Å². The summed E-state index contributed by atoms with van der Waals surface area (Å²) in [7, 11) is 1.66. The van der Waals surface area contributed by atoms with E-state index in [4.69, 9.17) is 22.1 Å². The number of nitrogens with two attached hydrogens (primary N) is 1. The van der Waals surface area contributed by atoms with Gasteiger partial charge in [0.1, 0.15) is 5.75 Å². The van der Waals surface area contributed by atoms with E-state index in [1.165, 1.54) is 0 Å². The Balaban J connectivity index is 2.10. The molecule has 0 aliphatic rings. The van der Waals surface area contributed by atoms with Gasteiger partial charge in [-0.1, -0.05) is 29.8 Å². The highest BCUT2D eigenvalue weighted by Gasteiger charge is 2.11. The van der Waals surface area contributed by atoms with Crippen LogP contribution in [0.15, 0.2) is 42.5 Å². The number of ether oxygens (including phenoxy) is 1. The van der Waals surface area contributed by atoms with Gasteiger partial charge in [-0.2, -0.15) is 0 Å². The minimum Gasteiger partial charge on any atom is -0.496 e. The van der Waals surface area contributed by atoms with Gasteiger partial charge in [0.05, 0.1) is 24.7 Å². The van der Waals surface area contributed by atoms with Crippen LogP contribution in [0.4, 0.5) is 5.95 Å². The quantitative estimate of drug-likeness (QED) is 0.804. The van der Waals surface area contributed by atoms with Crippen LogP contribution in [0.25, 0.3) is 11.0 Å². The number of nitrogen functional groups attached to an aromatic ring is 1. The maximum atomic E-state index is 6.05. The number of methoxy groups -OCH3 is 1. The molecule has 0 atom stereocenters. The van der Waals surface area contributed by atoms with Crippen molar-refractivity contribution in [2.45, 2.75) is 6.54 Å². The summed E-state index contributed by atoms with van der Waals surface area (Å²) in [5, 5.41) is 0.665. The predicted octanol–water partition coefficient (Wildman–Crippen LogP) is 3.33. The van der Waals surface area contributed by atoms with Crippen molar-refractivity contribution in [3.05, 3.63) is 53.1 Å². The molecule has 0 amide bonds. The molecule has 0 saturated heterocycles. The molecule has 5 heteroatoms. The number of halogens is 1. The van der Waals surface area contributed by atoms with Crippen LogP contribution in [-0.4, -0.2) is 16.7 Å². The van der Waals surface area contributed by atoms with Crippen LogP contribution < -0.4 is 10.5 Å². The molecule has 3 aromatic rings. The molecule has 3 rings (SSSR count). The molecule has 1 aromatic heterocycles. The Hall–Kier alpha value is -2.20. The van der Waals surface area contributed by atoms with Gasteiger partial charge >= 0.3 is 0 Å². The summed E-state index contributed by atoms with van der Waals surface area (Å²) in [5.41, 5.74) is 8.81. The minimum absolute atomic E-state index is 0.466. The second kappa shape index (κ2) is 5.06. The SMILES string of the molecule is COc1ccccc1Cn1c(N)nc2ccc(Cl)cc21. The van der Waals surface area contributed by atoms with Crippen LogP contribution >= 0.6 is 11.6 Å². The number of para-hydroxylation sites is 1. The zero-order valence-corrected chi connectivity index (χ0v) is 11.8. The average molecular weight is 288 g/mol. The van der Waals surface area contributed by atoms with Crippen LogP contribution in [0, 0.1) is 0 Å². The van der Waals surface area contributed by atoms with E-state index in [2.05, 4.69) is 4.98 Å². The van der Waals surface area contributed by atoms with Gasteiger partial charge in [0, 0.05) is 10.6 Å². The zero-order chi connectivity index (χ0) is 14.1. The molecule has 0 spiro atoms. The molecular weight excluding hydrogens is 274 g/mol. The van der Waals surface area contributed by atoms with Gasteiger partial charge in [-0.3, -0.25) is 0 Å². The third-order valence-electron chi connectivity index (χ3n) is 3.26. The minimum atomic E-state index is 0.466. The predicted molar refractivity (Wildman–Crippen MR) is 81.3 cm³/mol. The maximum Gasteiger partial charge on any atom is 0.201 e. The first-order valence-corrected chi connectivity index (χ1v) is 6.60. The summed E-state index contributed by atoms with van der Waals surface area (Å²) in [4.78, 5) is 4.35. The van der Waals surface area contributed by atoms with Crippen molar-refractivity contribution in [1.29, 1.82) is 0 Å². The third-order valence-corrected chi connectivity index (χ3v) is 3.50. The summed E-state index contributed by atoms with van der Waals surface area (Å²) in [6, 6.07) is 13.4. The van der Waals surface area contributed by atoms with E-state index in [0.717, 1.165) is 22.3 Å². The van der Waals surface area contributed by atoms with E-state index in [-0.39, 0.29) is 0 Å². The summed E-state index contributed by atoms with van der Waals surface area (Å²) < 4.78 is 7.30. The Kier molecular flexibility index (Phi) is 3.24. The monoisotopic (exact) mass is 287 g/mol. The van der Waals surface area contributed by atoms with E-state index >= 15 is 0 Å². The van der Waals surface area contributed by atoms with Crippen molar-refractivity contribution >= 4 is 28.6 Å². The van der Waals surface area contributed by atoms with Crippen molar-refractivity contribution in [2.75, 3.05) is 12.8 Å². The number of anilines is 1. The van der Waals surface area contributed by atoms with E-state index in [0.29, 0.717) is 17.5 Å². The van der Waals surface area contributed by atoms with E-state index < -0.39 is 0 Å². The number of aromatic nitrogens is 2. The number of hydrogen-bond donors (Lipinski definition) is 1. The van der Waals surface area contributed by atoms with Gasteiger partial charge in [0.2, 0.25) is 5.95 Å². The van der Waals surface area contributed by atoms with Crippen molar-refractivity contribution in [3.63, 3.8) is 0 Å². The molecule has 1 heterocycles. The fourth-order valence-corrected chi connectivity index (χ4v) is 2.45. The molecule has 0 bridgehead atoms. The van der Waals surface area contributed by atoms with E-state index in [9.17, 15) is 0 Å². The first-order valence-electron chi connectivity index (χ1n) is 6.22. The van der Waals surface area contributed by atoms with Gasteiger partial charge < -0.3 is 15.0 Å². The van der Waals surface area contributed by atoms with Gasteiger partial charge in [-0.05, 0) is 24.3 Å². The van der Waals surface area contributed by atoms with Crippen molar-refractivity contribution in [2.24, 2.45) is 0 Å².